The molecule has 8 nitrogen and oxygen atoms in total. The number of aromatic nitrogens is 4. The Morgan fingerprint density at radius 3 is 2.61 bits per heavy atom. The molecule has 4 rings (SSSR count). The summed E-state index contributed by atoms with van der Waals surface area (Å²) in [5, 5.41) is 12.4. The molecule has 3 aromatic rings. The molecular formula is C20H21N5O3. The van der Waals surface area contributed by atoms with Crippen LogP contribution in [0.25, 0.3) is 5.69 Å². The van der Waals surface area contributed by atoms with Crippen molar-refractivity contribution in [2.45, 2.75) is 38.6 Å². The van der Waals surface area contributed by atoms with Crippen molar-refractivity contribution >= 4 is 11.7 Å². The molecule has 0 radical (unpaired) electrons. The molecule has 28 heavy (non-hydrogen) atoms. The van der Waals surface area contributed by atoms with E-state index in [0.29, 0.717) is 17.8 Å². The molecule has 0 saturated carbocycles. The Labute approximate surface area is 162 Å². The third-order valence-corrected chi connectivity index (χ3v) is 5.21. The van der Waals surface area contributed by atoms with Gasteiger partial charge in [-0.25, -0.2) is 0 Å². The fourth-order valence-corrected chi connectivity index (χ4v) is 3.60. The Morgan fingerprint density at radius 2 is 1.89 bits per heavy atom. The normalized spacial score (nSPS) is 19.6. The molecule has 0 N–H and O–H groups in total. The largest absolute Gasteiger partial charge is 0.353 e. The quantitative estimate of drug-likeness (QED) is 0.647. The number of carbonyl (C=O) groups is 2. The number of Topliss-reactive ketones (excluding diaryl/α,β-unsaturated/α-hetero) is 1. The number of carbonyl (C=O) groups excluding carboxylic acids is 2. The molecule has 144 valence electrons. The van der Waals surface area contributed by atoms with Crippen molar-refractivity contribution < 1.29 is 14.1 Å². The van der Waals surface area contributed by atoms with E-state index in [-0.39, 0.29) is 29.4 Å². The van der Waals surface area contributed by atoms with Crippen molar-refractivity contribution in [3.8, 4) is 5.69 Å². The van der Waals surface area contributed by atoms with Crippen LogP contribution in [0.5, 0.6) is 0 Å². The van der Waals surface area contributed by atoms with E-state index < -0.39 is 0 Å². The van der Waals surface area contributed by atoms with Crippen LogP contribution in [0, 0.1) is 0 Å². The lowest BCUT2D eigenvalue weighted by Crippen LogP contribution is -2.45. The van der Waals surface area contributed by atoms with Crippen molar-refractivity contribution in [1.82, 2.24) is 25.1 Å². The molecule has 2 aromatic heterocycles. The minimum Gasteiger partial charge on any atom is -0.353 e. The number of rotatable bonds is 4. The first kappa shape index (κ1) is 18.1. The SMILES string of the molecule is CC(=O)c1cc([C@@H]2CC[C@@H](C)N(C(=O)c3ccccc3-n3nccn3)C2)no1. The molecule has 0 aliphatic carbocycles. The van der Waals surface area contributed by atoms with E-state index in [1.54, 1.807) is 24.5 Å². The smallest absolute Gasteiger partial charge is 0.256 e. The molecule has 0 spiro atoms. The van der Waals surface area contributed by atoms with Crippen molar-refractivity contribution in [2.24, 2.45) is 0 Å². The van der Waals surface area contributed by atoms with Gasteiger partial charge < -0.3 is 9.42 Å². The highest BCUT2D eigenvalue weighted by Crippen LogP contribution is 2.31. The minimum absolute atomic E-state index is 0.0343. The minimum atomic E-state index is -0.156. The first-order valence-electron chi connectivity index (χ1n) is 9.29. The zero-order chi connectivity index (χ0) is 19.7. The van der Waals surface area contributed by atoms with E-state index in [4.69, 9.17) is 4.52 Å². The molecular weight excluding hydrogens is 358 g/mol. The standard InChI is InChI=1S/C20H21N5O3/c1-13-7-8-15(17-11-19(14(2)26)28-23-17)12-24(13)20(27)16-5-3-4-6-18(16)25-21-9-10-22-25/h3-6,9-11,13,15H,7-8,12H2,1-2H3/t13-,15-/m1/s1. The number of ketones is 1. The second-order valence-corrected chi connectivity index (χ2v) is 7.09. The Bertz CT molecular complexity index is 995. The maximum atomic E-state index is 13.4. The second kappa shape index (κ2) is 7.38. The first-order valence-corrected chi connectivity index (χ1v) is 9.29. The Morgan fingerprint density at radius 1 is 1.14 bits per heavy atom. The van der Waals surface area contributed by atoms with Crippen LogP contribution in [0.4, 0.5) is 0 Å². The van der Waals surface area contributed by atoms with Gasteiger partial charge in [-0.1, -0.05) is 17.3 Å². The zero-order valence-electron chi connectivity index (χ0n) is 15.8. The van der Waals surface area contributed by atoms with Gasteiger partial charge in [-0.3, -0.25) is 9.59 Å². The van der Waals surface area contributed by atoms with Crippen LogP contribution in [-0.4, -0.2) is 49.3 Å². The molecule has 2 atom stereocenters. The van der Waals surface area contributed by atoms with Crippen LogP contribution in [0.15, 0.2) is 47.2 Å². The molecule has 1 saturated heterocycles. The number of benzene rings is 1. The van der Waals surface area contributed by atoms with E-state index in [2.05, 4.69) is 15.4 Å². The number of nitrogens with zero attached hydrogens (tertiary/aromatic N) is 5. The number of piperidine rings is 1. The highest BCUT2D eigenvalue weighted by Gasteiger charge is 2.33. The molecule has 1 fully saturated rings. The average Bonchev–Trinajstić information content (AvgIpc) is 3.40. The summed E-state index contributed by atoms with van der Waals surface area (Å²) in [6.45, 7) is 4.01. The van der Waals surface area contributed by atoms with E-state index in [0.717, 1.165) is 18.5 Å². The van der Waals surface area contributed by atoms with Crippen LogP contribution in [0.2, 0.25) is 0 Å². The van der Waals surface area contributed by atoms with E-state index in [1.165, 1.54) is 11.7 Å². The van der Waals surface area contributed by atoms with Gasteiger partial charge in [0.15, 0.2) is 5.78 Å². The maximum Gasteiger partial charge on any atom is 0.256 e. The highest BCUT2D eigenvalue weighted by molar-refractivity contribution is 5.98. The number of para-hydroxylation sites is 1. The second-order valence-electron chi connectivity index (χ2n) is 7.09. The number of hydrogen-bond acceptors (Lipinski definition) is 6. The van der Waals surface area contributed by atoms with Crippen LogP contribution in [-0.2, 0) is 0 Å². The predicted octanol–water partition coefficient (Wildman–Crippen LogP) is 2.87. The molecule has 3 heterocycles. The third-order valence-electron chi connectivity index (χ3n) is 5.21. The number of hydrogen-bond donors (Lipinski definition) is 0. The van der Waals surface area contributed by atoms with Crippen molar-refractivity contribution in [1.29, 1.82) is 0 Å². The van der Waals surface area contributed by atoms with Gasteiger partial charge >= 0.3 is 0 Å². The van der Waals surface area contributed by atoms with Crippen LogP contribution >= 0.6 is 0 Å². The Balaban J connectivity index is 1.61. The summed E-state index contributed by atoms with van der Waals surface area (Å²) in [4.78, 5) is 28.2. The summed E-state index contributed by atoms with van der Waals surface area (Å²) in [5.41, 5.74) is 1.92. The fourth-order valence-electron chi connectivity index (χ4n) is 3.60. The van der Waals surface area contributed by atoms with Gasteiger partial charge in [-0.15, -0.1) is 0 Å². The van der Waals surface area contributed by atoms with Gasteiger partial charge in [0, 0.05) is 31.5 Å². The van der Waals surface area contributed by atoms with Gasteiger partial charge in [0.05, 0.1) is 29.3 Å². The summed E-state index contributed by atoms with van der Waals surface area (Å²) in [5.74, 6) is 0.0606. The van der Waals surface area contributed by atoms with E-state index >= 15 is 0 Å². The number of amides is 1. The topological polar surface area (TPSA) is 94.1 Å². The average molecular weight is 379 g/mol. The van der Waals surface area contributed by atoms with E-state index in [1.807, 2.05) is 30.0 Å². The Hall–Kier alpha value is -3.29. The summed E-state index contributed by atoms with van der Waals surface area (Å²) >= 11 is 0. The molecule has 1 aliphatic rings. The Kier molecular flexibility index (Phi) is 4.77. The lowest BCUT2D eigenvalue weighted by Gasteiger charge is -2.37. The van der Waals surface area contributed by atoms with Crippen LogP contribution in [0.3, 0.4) is 0 Å². The lowest BCUT2D eigenvalue weighted by molar-refractivity contribution is 0.0606. The van der Waals surface area contributed by atoms with Gasteiger partial charge in [0.2, 0.25) is 5.76 Å². The van der Waals surface area contributed by atoms with Gasteiger partial charge in [-0.05, 0) is 31.9 Å². The molecule has 1 amide bonds. The molecule has 8 heteroatoms. The van der Waals surface area contributed by atoms with E-state index in [9.17, 15) is 9.59 Å². The van der Waals surface area contributed by atoms with Gasteiger partial charge in [-0.2, -0.15) is 15.0 Å². The van der Waals surface area contributed by atoms with Gasteiger partial charge in [0.25, 0.3) is 5.91 Å². The maximum absolute atomic E-state index is 13.4. The molecule has 1 aliphatic heterocycles. The molecule has 0 unspecified atom stereocenters. The lowest BCUT2D eigenvalue weighted by atomic mass is 9.90. The van der Waals surface area contributed by atoms with Gasteiger partial charge in [0.1, 0.15) is 0 Å². The monoisotopic (exact) mass is 379 g/mol. The fraction of sp³-hybridized carbons (Fsp3) is 0.350. The third kappa shape index (κ3) is 3.33. The van der Waals surface area contributed by atoms with Crippen molar-refractivity contribution in [2.75, 3.05) is 6.54 Å². The zero-order valence-corrected chi connectivity index (χ0v) is 15.8. The summed E-state index contributed by atoms with van der Waals surface area (Å²) in [7, 11) is 0. The van der Waals surface area contributed by atoms with Crippen molar-refractivity contribution in [3.63, 3.8) is 0 Å². The number of likely N-dealkylation sites (tertiary alicyclic amines) is 1. The first-order chi connectivity index (χ1) is 13.5. The molecule has 0 bridgehead atoms. The van der Waals surface area contributed by atoms with Crippen LogP contribution in [0.1, 0.15) is 59.2 Å². The van der Waals surface area contributed by atoms with Crippen molar-refractivity contribution in [3.05, 3.63) is 59.7 Å². The molecule has 1 aromatic carbocycles. The summed E-state index contributed by atoms with van der Waals surface area (Å²) < 4.78 is 5.13. The summed E-state index contributed by atoms with van der Waals surface area (Å²) in [6.07, 6.45) is 4.90. The summed E-state index contributed by atoms with van der Waals surface area (Å²) in [6, 6.07) is 9.10. The predicted molar refractivity (Wildman–Crippen MR) is 100 cm³/mol. The highest BCUT2D eigenvalue weighted by atomic mass is 16.5. The van der Waals surface area contributed by atoms with Crippen LogP contribution < -0.4 is 0 Å².